The summed E-state index contributed by atoms with van der Waals surface area (Å²) >= 11 is 0. The number of rotatable bonds is 0. The third-order valence-corrected chi connectivity index (χ3v) is 1.95. The quantitative estimate of drug-likeness (QED) is 0.524. The first-order valence-electron chi connectivity index (χ1n) is 3.35. The van der Waals surface area contributed by atoms with E-state index in [4.69, 9.17) is 4.42 Å². The Labute approximate surface area is 64.0 Å². The van der Waals surface area contributed by atoms with E-state index in [1.165, 1.54) is 5.56 Å². The molecule has 0 aromatic carbocycles. The molecule has 0 aliphatic carbocycles. The van der Waals surface area contributed by atoms with Crippen LogP contribution in [0.15, 0.2) is 16.7 Å². The molecular formula is C8H13OP. The zero-order valence-electron chi connectivity index (χ0n) is 6.64. The van der Waals surface area contributed by atoms with E-state index in [2.05, 4.69) is 30.0 Å². The van der Waals surface area contributed by atoms with E-state index >= 15 is 0 Å². The Balaban J connectivity index is 3.05. The second-order valence-electron chi connectivity index (χ2n) is 3.45. The molecule has 0 amide bonds. The van der Waals surface area contributed by atoms with Crippen LogP contribution in [-0.4, -0.2) is 0 Å². The van der Waals surface area contributed by atoms with Crippen molar-refractivity contribution in [2.24, 2.45) is 0 Å². The van der Waals surface area contributed by atoms with Gasteiger partial charge >= 0.3 is 0 Å². The van der Waals surface area contributed by atoms with Crippen LogP contribution < -0.4 is 5.50 Å². The van der Waals surface area contributed by atoms with Gasteiger partial charge in [0.1, 0.15) is 5.50 Å². The Kier molecular flexibility index (Phi) is 1.87. The van der Waals surface area contributed by atoms with Crippen LogP contribution >= 0.6 is 9.24 Å². The lowest BCUT2D eigenvalue weighted by atomic mass is 9.89. The predicted octanol–water partition coefficient (Wildman–Crippen LogP) is 2.08. The Hall–Kier alpha value is -0.290. The maximum Gasteiger partial charge on any atom is 0.122 e. The van der Waals surface area contributed by atoms with E-state index in [1.54, 1.807) is 6.26 Å². The fraction of sp³-hybridized carbons (Fsp3) is 0.500. The highest BCUT2D eigenvalue weighted by atomic mass is 31.0. The molecule has 1 rings (SSSR count). The summed E-state index contributed by atoms with van der Waals surface area (Å²) in [6.45, 7) is 6.52. The molecule has 0 saturated heterocycles. The van der Waals surface area contributed by atoms with Crippen LogP contribution in [0.3, 0.4) is 0 Å². The lowest BCUT2D eigenvalue weighted by molar-refractivity contribution is 0.568. The summed E-state index contributed by atoms with van der Waals surface area (Å²) in [6.07, 6.45) is 1.73. The Morgan fingerprint density at radius 1 is 1.40 bits per heavy atom. The van der Waals surface area contributed by atoms with E-state index < -0.39 is 0 Å². The van der Waals surface area contributed by atoms with E-state index in [1.807, 2.05) is 6.07 Å². The van der Waals surface area contributed by atoms with Gasteiger partial charge in [-0.2, -0.15) is 0 Å². The van der Waals surface area contributed by atoms with Crippen LogP contribution in [0, 0.1) is 0 Å². The van der Waals surface area contributed by atoms with E-state index in [0.717, 1.165) is 5.50 Å². The lowest BCUT2D eigenvalue weighted by Gasteiger charge is -2.16. The van der Waals surface area contributed by atoms with Gasteiger partial charge in [-0.25, -0.2) is 0 Å². The van der Waals surface area contributed by atoms with Crippen molar-refractivity contribution in [3.05, 3.63) is 17.9 Å². The Morgan fingerprint density at radius 2 is 2.00 bits per heavy atom. The van der Waals surface area contributed by atoms with Crippen LogP contribution in [0.5, 0.6) is 0 Å². The lowest BCUT2D eigenvalue weighted by Crippen LogP contribution is -2.15. The molecule has 0 N–H and O–H groups in total. The van der Waals surface area contributed by atoms with Gasteiger partial charge in [0.05, 0.1) is 6.26 Å². The normalized spacial score (nSPS) is 12.0. The maximum atomic E-state index is 5.15. The largest absolute Gasteiger partial charge is 0.465 e. The molecule has 1 heterocycles. The average molecular weight is 156 g/mol. The Morgan fingerprint density at radius 3 is 2.20 bits per heavy atom. The molecule has 0 spiro atoms. The molecule has 0 bridgehead atoms. The molecule has 0 radical (unpaired) electrons. The second-order valence-corrected chi connectivity index (χ2v) is 3.97. The minimum absolute atomic E-state index is 0.198. The highest BCUT2D eigenvalue weighted by Gasteiger charge is 2.17. The zero-order valence-corrected chi connectivity index (χ0v) is 7.79. The van der Waals surface area contributed by atoms with Gasteiger partial charge < -0.3 is 4.42 Å². The standard InChI is InChI=1S/C8H13OP/c1-8(2,3)6-4-5-9-7(6)10/h4-5H,10H2,1-3H3. The minimum Gasteiger partial charge on any atom is -0.465 e. The summed E-state index contributed by atoms with van der Waals surface area (Å²) in [7, 11) is 2.59. The van der Waals surface area contributed by atoms with Crippen molar-refractivity contribution in [1.29, 1.82) is 0 Å². The molecule has 1 nitrogen and oxygen atoms in total. The van der Waals surface area contributed by atoms with Gasteiger partial charge in [0.2, 0.25) is 0 Å². The molecular weight excluding hydrogens is 143 g/mol. The Bertz CT molecular complexity index is 219. The molecule has 2 heteroatoms. The zero-order chi connectivity index (χ0) is 7.78. The predicted molar refractivity (Wildman–Crippen MR) is 46.8 cm³/mol. The SMILES string of the molecule is CC(C)(C)c1ccoc1P. The summed E-state index contributed by atoms with van der Waals surface area (Å²) in [4.78, 5) is 0. The molecule has 1 aromatic rings. The number of furan rings is 1. The molecule has 0 aliphatic rings. The van der Waals surface area contributed by atoms with Gasteiger partial charge in [0.25, 0.3) is 0 Å². The van der Waals surface area contributed by atoms with Crippen LogP contribution in [0.2, 0.25) is 0 Å². The second kappa shape index (κ2) is 2.39. The molecule has 56 valence electrons. The van der Waals surface area contributed by atoms with Crippen molar-refractivity contribution in [3.8, 4) is 0 Å². The van der Waals surface area contributed by atoms with Crippen molar-refractivity contribution in [2.45, 2.75) is 26.2 Å². The van der Waals surface area contributed by atoms with Gasteiger partial charge in [-0.3, -0.25) is 0 Å². The number of hydrogen-bond donors (Lipinski definition) is 0. The first kappa shape index (κ1) is 7.81. The monoisotopic (exact) mass is 156 g/mol. The fourth-order valence-corrected chi connectivity index (χ4v) is 1.55. The summed E-state index contributed by atoms with van der Waals surface area (Å²) < 4.78 is 5.15. The minimum atomic E-state index is 0.198. The highest BCUT2D eigenvalue weighted by molar-refractivity contribution is 7.26. The first-order chi connectivity index (χ1) is 4.52. The third kappa shape index (κ3) is 1.41. The van der Waals surface area contributed by atoms with Crippen molar-refractivity contribution >= 4 is 14.7 Å². The first-order valence-corrected chi connectivity index (χ1v) is 3.93. The van der Waals surface area contributed by atoms with Crippen molar-refractivity contribution in [3.63, 3.8) is 0 Å². The highest BCUT2D eigenvalue weighted by Crippen LogP contribution is 2.21. The molecule has 0 aliphatic heterocycles. The topological polar surface area (TPSA) is 13.1 Å². The van der Waals surface area contributed by atoms with Gasteiger partial charge in [0, 0.05) is 5.56 Å². The fourth-order valence-electron chi connectivity index (χ4n) is 0.941. The number of hydrogen-bond acceptors (Lipinski definition) is 1. The van der Waals surface area contributed by atoms with Gasteiger partial charge in [-0.15, -0.1) is 0 Å². The van der Waals surface area contributed by atoms with Crippen LogP contribution in [0.1, 0.15) is 26.3 Å². The summed E-state index contributed by atoms with van der Waals surface area (Å²) in [6, 6.07) is 2.02. The van der Waals surface area contributed by atoms with E-state index in [0.29, 0.717) is 0 Å². The smallest absolute Gasteiger partial charge is 0.122 e. The van der Waals surface area contributed by atoms with Crippen LogP contribution in [0.4, 0.5) is 0 Å². The van der Waals surface area contributed by atoms with E-state index in [9.17, 15) is 0 Å². The molecule has 0 fully saturated rings. The van der Waals surface area contributed by atoms with Gasteiger partial charge in [0.15, 0.2) is 0 Å². The molecule has 10 heavy (non-hydrogen) atoms. The summed E-state index contributed by atoms with van der Waals surface area (Å²) in [5, 5.41) is 0. The van der Waals surface area contributed by atoms with Gasteiger partial charge in [-0.05, 0) is 11.5 Å². The summed E-state index contributed by atoms with van der Waals surface area (Å²) in [5.41, 5.74) is 2.41. The van der Waals surface area contributed by atoms with Gasteiger partial charge in [-0.1, -0.05) is 30.0 Å². The van der Waals surface area contributed by atoms with Crippen LogP contribution in [0.25, 0.3) is 0 Å². The average Bonchev–Trinajstić information content (AvgIpc) is 2.11. The third-order valence-electron chi connectivity index (χ3n) is 1.50. The van der Waals surface area contributed by atoms with Crippen LogP contribution in [-0.2, 0) is 5.41 Å². The summed E-state index contributed by atoms with van der Waals surface area (Å²) in [5.74, 6) is 0. The molecule has 1 atom stereocenters. The maximum absolute atomic E-state index is 5.15. The molecule has 0 saturated carbocycles. The van der Waals surface area contributed by atoms with E-state index in [-0.39, 0.29) is 5.41 Å². The van der Waals surface area contributed by atoms with Crippen molar-refractivity contribution < 1.29 is 4.42 Å². The van der Waals surface area contributed by atoms with Crippen molar-refractivity contribution in [2.75, 3.05) is 0 Å². The molecule has 1 aromatic heterocycles. The molecule has 1 unspecified atom stereocenters. The van der Waals surface area contributed by atoms with Crippen molar-refractivity contribution in [1.82, 2.24) is 0 Å².